The molecule has 1 saturated carbocycles. The summed E-state index contributed by atoms with van der Waals surface area (Å²) in [6, 6.07) is 11.1. The van der Waals surface area contributed by atoms with Gasteiger partial charge in [0.15, 0.2) is 0 Å². The van der Waals surface area contributed by atoms with Gasteiger partial charge in [-0.25, -0.2) is 9.78 Å². The molecule has 0 spiro atoms. The van der Waals surface area contributed by atoms with Gasteiger partial charge in [0.25, 0.3) is 0 Å². The van der Waals surface area contributed by atoms with Crippen LogP contribution < -0.4 is 4.74 Å². The molecular weight excluding hydrogens is 336 g/mol. The van der Waals surface area contributed by atoms with E-state index >= 15 is 0 Å². The summed E-state index contributed by atoms with van der Waals surface area (Å²) in [5.41, 5.74) is 3.52. The maximum absolute atomic E-state index is 12.3. The topological polar surface area (TPSA) is 61.3 Å². The van der Waals surface area contributed by atoms with Crippen LogP contribution in [0.2, 0.25) is 0 Å². The number of esters is 1. The third kappa shape index (κ3) is 3.85. The Balaban J connectivity index is 1.35. The molecule has 5 nitrogen and oxygen atoms in total. The van der Waals surface area contributed by atoms with E-state index in [1.165, 1.54) is 11.3 Å². The molecular formula is C19H16N2O3S. The first-order chi connectivity index (χ1) is 12.3. The number of aromatic nitrogens is 2. The van der Waals surface area contributed by atoms with E-state index in [-0.39, 0.29) is 12.6 Å². The highest BCUT2D eigenvalue weighted by Crippen LogP contribution is 2.42. The van der Waals surface area contributed by atoms with E-state index in [0.29, 0.717) is 22.3 Å². The van der Waals surface area contributed by atoms with Crippen molar-refractivity contribution in [3.8, 4) is 11.5 Å². The van der Waals surface area contributed by atoms with Crippen molar-refractivity contribution in [3.05, 3.63) is 70.4 Å². The molecule has 4 rings (SSSR count). The average molecular weight is 352 g/mol. The number of hydrogen-bond acceptors (Lipinski definition) is 6. The van der Waals surface area contributed by atoms with Gasteiger partial charge in [-0.15, -0.1) is 11.3 Å². The Labute approximate surface area is 149 Å². The molecule has 0 aliphatic heterocycles. The van der Waals surface area contributed by atoms with Gasteiger partial charge in [0.05, 0.1) is 17.4 Å². The average Bonchev–Trinajstić information content (AvgIpc) is 3.38. The molecule has 1 fully saturated rings. The monoisotopic (exact) mass is 352 g/mol. The van der Waals surface area contributed by atoms with Crippen LogP contribution in [-0.2, 0) is 11.3 Å². The number of hydrogen-bond donors (Lipinski definition) is 0. The van der Waals surface area contributed by atoms with E-state index in [9.17, 15) is 4.79 Å². The molecule has 1 aliphatic carbocycles. The van der Waals surface area contributed by atoms with Crippen LogP contribution in [0.1, 0.15) is 39.7 Å². The maximum atomic E-state index is 12.3. The van der Waals surface area contributed by atoms with Gasteiger partial charge < -0.3 is 9.47 Å². The van der Waals surface area contributed by atoms with E-state index in [2.05, 4.69) is 9.97 Å². The van der Waals surface area contributed by atoms with E-state index in [1.807, 2.05) is 36.4 Å². The zero-order valence-electron chi connectivity index (χ0n) is 13.4. The summed E-state index contributed by atoms with van der Waals surface area (Å²) in [7, 11) is 0. The van der Waals surface area contributed by atoms with Gasteiger partial charge in [0.2, 0.25) is 0 Å². The van der Waals surface area contributed by atoms with Crippen LogP contribution in [-0.4, -0.2) is 15.9 Å². The number of pyridine rings is 1. The lowest BCUT2D eigenvalue weighted by atomic mass is 10.2. The fourth-order valence-electron chi connectivity index (χ4n) is 2.47. The number of carbonyl (C=O) groups is 1. The van der Waals surface area contributed by atoms with Crippen molar-refractivity contribution < 1.29 is 14.3 Å². The number of rotatable bonds is 6. The summed E-state index contributed by atoms with van der Waals surface area (Å²) in [4.78, 5) is 21.2. The molecule has 1 aliphatic rings. The Kier molecular flexibility index (Phi) is 4.43. The summed E-state index contributed by atoms with van der Waals surface area (Å²) in [5.74, 6) is 1.54. The van der Waals surface area contributed by atoms with Crippen molar-refractivity contribution in [3.63, 3.8) is 0 Å². The third-order valence-electron chi connectivity index (χ3n) is 3.91. The van der Waals surface area contributed by atoms with Gasteiger partial charge in [-0.1, -0.05) is 12.1 Å². The number of carbonyl (C=O) groups excluding carboxylic acids is 1. The quantitative estimate of drug-likeness (QED) is 0.608. The number of ether oxygens (including phenoxy) is 2. The minimum atomic E-state index is -0.292. The van der Waals surface area contributed by atoms with Crippen molar-refractivity contribution in [2.24, 2.45) is 0 Å². The van der Waals surface area contributed by atoms with Crippen molar-refractivity contribution >= 4 is 17.3 Å². The molecule has 0 bridgehead atoms. The maximum Gasteiger partial charge on any atom is 0.350 e. The predicted molar refractivity (Wildman–Crippen MR) is 94.0 cm³/mol. The van der Waals surface area contributed by atoms with E-state index in [1.54, 1.807) is 17.9 Å². The number of nitrogens with zero attached hydrogens (tertiary/aromatic N) is 2. The zero-order valence-corrected chi connectivity index (χ0v) is 14.2. The van der Waals surface area contributed by atoms with Crippen molar-refractivity contribution in [2.45, 2.75) is 25.4 Å². The molecule has 0 amide bonds. The molecule has 0 saturated heterocycles. The van der Waals surface area contributed by atoms with Crippen LogP contribution in [0.25, 0.3) is 0 Å². The van der Waals surface area contributed by atoms with Crippen LogP contribution in [0.3, 0.4) is 0 Å². The second-order valence-electron chi connectivity index (χ2n) is 5.85. The SMILES string of the molecule is O=C(OCc1ccc(Oc2cccnc2)cc1)c1scnc1C1CC1. The molecule has 0 radical (unpaired) electrons. The van der Waals surface area contributed by atoms with Crippen LogP contribution in [0.4, 0.5) is 0 Å². The van der Waals surface area contributed by atoms with Crippen molar-refractivity contribution in [1.29, 1.82) is 0 Å². The van der Waals surface area contributed by atoms with Crippen LogP contribution in [0, 0.1) is 0 Å². The first kappa shape index (κ1) is 15.8. The molecule has 6 heteroatoms. The van der Waals surface area contributed by atoms with Gasteiger partial charge in [0, 0.05) is 12.1 Å². The highest BCUT2D eigenvalue weighted by atomic mass is 32.1. The second-order valence-corrected chi connectivity index (χ2v) is 6.71. The number of thiazole rings is 1. The first-order valence-corrected chi connectivity index (χ1v) is 8.95. The molecule has 2 heterocycles. The molecule has 0 atom stereocenters. The van der Waals surface area contributed by atoms with E-state index < -0.39 is 0 Å². The van der Waals surface area contributed by atoms with Crippen LogP contribution in [0.15, 0.2) is 54.3 Å². The van der Waals surface area contributed by atoms with Crippen LogP contribution >= 0.6 is 11.3 Å². The Morgan fingerprint density at radius 1 is 1.16 bits per heavy atom. The second kappa shape index (κ2) is 7.03. The van der Waals surface area contributed by atoms with Crippen molar-refractivity contribution in [2.75, 3.05) is 0 Å². The Bertz CT molecular complexity index is 858. The molecule has 0 N–H and O–H groups in total. The third-order valence-corrected chi connectivity index (χ3v) is 4.73. The summed E-state index contributed by atoms with van der Waals surface area (Å²) >= 11 is 1.35. The van der Waals surface area contributed by atoms with Gasteiger partial charge >= 0.3 is 5.97 Å². The number of benzene rings is 1. The largest absolute Gasteiger partial charge is 0.457 e. The van der Waals surface area contributed by atoms with E-state index in [0.717, 1.165) is 24.1 Å². The summed E-state index contributed by atoms with van der Waals surface area (Å²) < 4.78 is 11.1. The Morgan fingerprint density at radius 3 is 2.72 bits per heavy atom. The van der Waals surface area contributed by atoms with Gasteiger partial charge in [0.1, 0.15) is 23.0 Å². The van der Waals surface area contributed by atoms with Gasteiger partial charge in [-0.2, -0.15) is 0 Å². The Hall–Kier alpha value is -2.73. The van der Waals surface area contributed by atoms with Crippen LogP contribution in [0.5, 0.6) is 11.5 Å². The highest BCUT2D eigenvalue weighted by molar-refractivity contribution is 7.11. The summed E-state index contributed by atoms with van der Waals surface area (Å²) in [5, 5.41) is 0. The predicted octanol–water partition coefficient (Wildman–Crippen LogP) is 4.56. The molecule has 25 heavy (non-hydrogen) atoms. The minimum Gasteiger partial charge on any atom is -0.457 e. The summed E-state index contributed by atoms with van der Waals surface area (Å²) in [6.45, 7) is 0.230. The first-order valence-electron chi connectivity index (χ1n) is 8.07. The fraction of sp³-hybridized carbons (Fsp3) is 0.211. The molecule has 126 valence electrons. The molecule has 1 aromatic carbocycles. The van der Waals surface area contributed by atoms with Gasteiger partial charge in [-0.05, 0) is 42.7 Å². The molecule has 2 aromatic heterocycles. The molecule has 3 aromatic rings. The van der Waals surface area contributed by atoms with Gasteiger partial charge in [-0.3, -0.25) is 4.98 Å². The normalized spacial score (nSPS) is 13.4. The lowest BCUT2D eigenvalue weighted by Gasteiger charge is -2.07. The standard InChI is InChI=1S/C19H16N2O3S/c22-19(18-17(14-5-6-14)21-12-25-18)23-11-13-3-7-15(8-4-13)24-16-2-1-9-20-10-16/h1-4,7-10,12,14H,5-6,11H2. The highest BCUT2D eigenvalue weighted by Gasteiger charge is 2.31. The fourth-order valence-corrected chi connectivity index (χ4v) is 3.23. The lowest BCUT2D eigenvalue weighted by molar-refractivity contribution is 0.0477. The summed E-state index contributed by atoms with van der Waals surface area (Å²) in [6.07, 6.45) is 5.58. The van der Waals surface area contributed by atoms with Crippen molar-refractivity contribution in [1.82, 2.24) is 9.97 Å². The Morgan fingerprint density at radius 2 is 2.00 bits per heavy atom. The molecule has 0 unspecified atom stereocenters. The lowest BCUT2D eigenvalue weighted by Crippen LogP contribution is -2.06. The van der Waals surface area contributed by atoms with E-state index in [4.69, 9.17) is 9.47 Å². The zero-order chi connectivity index (χ0) is 17.1. The smallest absolute Gasteiger partial charge is 0.350 e. The minimum absolute atomic E-state index is 0.230.